The Balaban J connectivity index is 1.34. The Kier molecular flexibility index (Phi) is 7.29. The molecule has 202 valence electrons. The van der Waals surface area contributed by atoms with Crippen LogP contribution in [0, 0.1) is 6.92 Å². The third-order valence-corrected chi connectivity index (χ3v) is 10.7. The number of benzene rings is 3. The minimum Gasteiger partial charge on any atom is -0.377 e. The van der Waals surface area contributed by atoms with Gasteiger partial charge in [0, 0.05) is 24.6 Å². The molecule has 39 heavy (non-hydrogen) atoms. The Labute approximate surface area is 233 Å². The van der Waals surface area contributed by atoms with E-state index in [1.165, 1.54) is 9.18 Å². The minimum absolute atomic E-state index is 0.160. The molecule has 6 nitrogen and oxygen atoms in total. The van der Waals surface area contributed by atoms with Crippen LogP contribution in [-0.2, 0) is 26.0 Å². The third kappa shape index (κ3) is 5.14. The van der Waals surface area contributed by atoms with Crippen LogP contribution in [0.1, 0.15) is 40.5 Å². The molecule has 8 heteroatoms. The normalized spacial score (nSPS) is 19.5. The van der Waals surface area contributed by atoms with Crippen LogP contribution in [-0.4, -0.2) is 55.9 Å². The van der Waals surface area contributed by atoms with Crippen LogP contribution in [0.5, 0.6) is 0 Å². The van der Waals surface area contributed by atoms with E-state index in [0.29, 0.717) is 13.2 Å². The molecule has 2 aliphatic heterocycles. The van der Waals surface area contributed by atoms with Gasteiger partial charge in [0.2, 0.25) is 15.9 Å². The first-order valence-electron chi connectivity index (χ1n) is 13.4. The number of carbonyl (C=O) groups excluding carboxylic acids is 1. The number of amides is 1. The quantitative estimate of drug-likeness (QED) is 0.297. The minimum atomic E-state index is -3.95. The summed E-state index contributed by atoms with van der Waals surface area (Å²) in [6, 6.07) is 22.9. The molecule has 1 amide bonds. The van der Waals surface area contributed by atoms with Crippen LogP contribution in [0.15, 0.2) is 83.1 Å². The summed E-state index contributed by atoms with van der Waals surface area (Å²) in [5.74, 6) is -0.192. The number of hydrogen-bond acceptors (Lipinski definition) is 5. The van der Waals surface area contributed by atoms with Gasteiger partial charge in [-0.25, -0.2) is 8.42 Å². The summed E-state index contributed by atoms with van der Waals surface area (Å²) in [7, 11) is -3.95. The van der Waals surface area contributed by atoms with Crippen molar-refractivity contribution in [1.82, 2.24) is 9.21 Å². The van der Waals surface area contributed by atoms with Gasteiger partial charge in [-0.1, -0.05) is 54.6 Å². The van der Waals surface area contributed by atoms with Crippen molar-refractivity contribution >= 4 is 38.0 Å². The Morgan fingerprint density at radius 3 is 2.62 bits per heavy atom. The molecule has 2 unspecified atom stereocenters. The van der Waals surface area contributed by atoms with Gasteiger partial charge in [-0.3, -0.25) is 4.79 Å². The summed E-state index contributed by atoms with van der Waals surface area (Å²) in [5, 5.41) is 3.90. The van der Waals surface area contributed by atoms with Crippen LogP contribution < -0.4 is 0 Å². The van der Waals surface area contributed by atoms with Gasteiger partial charge >= 0.3 is 0 Å². The monoisotopic (exact) mass is 560 g/mol. The van der Waals surface area contributed by atoms with Crippen LogP contribution in [0.4, 0.5) is 0 Å². The molecule has 3 heterocycles. The van der Waals surface area contributed by atoms with E-state index in [4.69, 9.17) is 4.74 Å². The highest BCUT2D eigenvalue weighted by Gasteiger charge is 2.37. The maximum atomic E-state index is 14.1. The Morgan fingerprint density at radius 1 is 1.03 bits per heavy atom. The van der Waals surface area contributed by atoms with Crippen molar-refractivity contribution in [2.24, 2.45) is 0 Å². The molecular weight excluding hydrogens is 528 g/mol. The number of fused-ring (bicyclic) bond motifs is 2. The van der Waals surface area contributed by atoms with Crippen molar-refractivity contribution in [3.63, 3.8) is 0 Å². The van der Waals surface area contributed by atoms with Crippen molar-refractivity contribution in [3.8, 4) is 0 Å². The van der Waals surface area contributed by atoms with E-state index in [-0.39, 0.29) is 36.0 Å². The molecule has 2 atom stereocenters. The summed E-state index contributed by atoms with van der Waals surface area (Å²) in [5.41, 5.74) is 3.32. The van der Waals surface area contributed by atoms with Crippen LogP contribution in [0.3, 0.4) is 0 Å². The van der Waals surface area contributed by atoms with E-state index >= 15 is 0 Å². The molecule has 0 aliphatic carbocycles. The van der Waals surface area contributed by atoms with E-state index in [0.717, 1.165) is 46.7 Å². The second kappa shape index (κ2) is 10.8. The number of thiophene rings is 1. The van der Waals surface area contributed by atoms with Gasteiger partial charge < -0.3 is 9.64 Å². The molecule has 1 fully saturated rings. The van der Waals surface area contributed by atoms with Crippen molar-refractivity contribution in [2.45, 2.75) is 43.2 Å². The molecular formula is C31H32N2O4S2. The fourth-order valence-corrected chi connectivity index (χ4v) is 8.16. The van der Waals surface area contributed by atoms with Gasteiger partial charge in [-0.2, -0.15) is 4.31 Å². The zero-order valence-electron chi connectivity index (χ0n) is 22.0. The molecule has 6 rings (SSSR count). The van der Waals surface area contributed by atoms with Crippen LogP contribution >= 0.6 is 11.3 Å². The highest BCUT2D eigenvalue weighted by atomic mass is 32.2. The fraction of sp³-hybridized carbons (Fsp3) is 0.323. The van der Waals surface area contributed by atoms with Gasteiger partial charge in [0.15, 0.2) is 0 Å². The molecule has 2 aliphatic rings. The van der Waals surface area contributed by atoms with Crippen molar-refractivity contribution in [2.75, 3.05) is 26.2 Å². The number of rotatable bonds is 7. The highest BCUT2D eigenvalue weighted by molar-refractivity contribution is 7.89. The molecule has 3 aromatic carbocycles. The van der Waals surface area contributed by atoms with Crippen LogP contribution in [0.25, 0.3) is 10.8 Å². The Morgan fingerprint density at radius 2 is 1.82 bits per heavy atom. The second-order valence-electron chi connectivity index (χ2n) is 10.3. The van der Waals surface area contributed by atoms with Gasteiger partial charge in [-0.05, 0) is 77.2 Å². The Bertz CT molecular complexity index is 1610. The van der Waals surface area contributed by atoms with Gasteiger partial charge in [0.25, 0.3) is 0 Å². The van der Waals surface area contributed by atoms with Crippen molar-refractivity contribution < 1.29 is 17.9 Å². The predicted molar refractivity (Wildman–Crippen MR) is 154 cm³/mol. The first kappa shape index (κ1) is 26.2. The molecule has 1 aromatic heterocycles. The lowest BCUT2D eigenvalue weighted by Crippen LogP contribution is -2.48. The van der Waals surface area contributed by atoms with E-state index in [1.807, 2.05) is 47.4 Å². The van der Waals surface area contributed by atoms with Gasteiger partial charge in [0.1, 0.15) is 0 Å². The summed E-state index contributed by atoms with van der Waals surface area (Å²) in [6.07, 6.45) is 2.23. The predicted octanol–water partition coefficient (Wildman–Crippen LogP) is 5.55. The zero-order valence-corrected chi connectivity index (χ0v) is 23.6. The van der Waals surface area contributed by atoms with E-state index in [9.17, 15) is 13.2 Å². The number of hydrogen-bond donors (Lipinski definition) is 0. The van der Waals surface area contributed by atoms with E-state index in [2.05, 4.69) is 30.5 Å². The number of nitrogens with zero attached hydrogens (tertiary/aromatic N) is 2. The summed E-state index contributed by atoms with van der Waals surface area (Å²) < 4.78 is 35.3. The summed E-state index contributed by atoms with van der Waals surface area (Å²) in [6.45, 7) is 3.16. The molecule has 1 saturated heterocycles. The first-order chi connectivity index (χ1) is 18.9. The lowest BCUT2D eigenvalue weighted by atomic mass is 9.90. The zero-order chi connectivity index (χ0) is 27.0. The topological polar surface area (TPSA) is 66.9 Å². The molecule has 4 aromatic rings. The average molecular weight is 561 g/mol. The maximum absolute atomic E-state index is 14.1. The molecule has 0 N–H and O–H groups in total. The lowest BCUT2D eigenvalue weighted by Gasteiger charge is -2.38. The lowest BCUT2D eigenvalue weighted by molar-refractivity contribution is -0.133. The Hall–Kier alpha value is -3.04. The van der Waals surface area contributed by atoms with Gasteiger partial charge in [-0.15, -0.1) is 11.3 Å². The number of aryl methyl sites for hydroxylation is 1. The average Bonchev–Trinajstić information content (AvgIpc) is 3.64. The number of carbonyl (C=O) groups is 1. The maximum Gasteiger partial charge on any atom is 0.243 e. The van der Waals surface area contributed by atoms with E-state index in [1.54, 1.807) is 23.5 Å². The van der Waals surface area contributed by atoms with E-state index < -0.39 is 10.0 Å². The third-order valence-electron chi connectivity index (χ3n) is 7.87. The number of ether oxygens (including phenoxy) is 1. The first-order valence-corrected chi connectivity index (χ1v) is 15.8. The van der Waals surface area contributed by atoms with Gasteiger partial charge in [0.05, 0.1) is 23.6 Å². The smallest absolute Gasteiger partial charge is 0.243 e. The summed E-state index contributed by atoms with van der Waals surface area (Å²) >= 11 is 1.72. The largest absolute Gasteiger partial charge is 0.377 e. The SMILES string of the molecule is Cc1ccccc1C1c2ccsc2CCN1C(=O)CN(CC1CCCO1)S(=O)(=O)c1ccc2ccccc2c1. The molecule has 0 saturated carbocycles. The molecule has 0 bridgehead atoms. The van der Waals surface area contributed by atoms with Crippen LogP contribution in [0.2, 0.25) is 0 Å². The fourth-order valence-electron chi connectivity index (χ4n) is 5.80. The molecule has 0 spiro atoms. The molecule has 0 radical (unpaired) electrons. The summed E-state index contributed by atoms with van der Waals surface area (Å²) in [4.78, 5) is 17.4. The van der Waals surface area contributed by atoms with Crippen molar-refractivity contribution in [3.05, 3.63) is 99.7 Å². The number of sulfonamides is 1. The highest BCUT2D eigenvalue weighted by Crippen LogP contribution is 2.39. The van der Waals surface area contributed by atoms with Crippen molar-refractivity contribution in [1.29, 1.82) is 0 Å². The second-order valence-corrected chi connectivity index (χ2v) is 13.3. The standard InChI is InChI=1S/C31H32N2O4S2/c1-22-7-2-5-11-27(22)31-28-15-18-38-29(28)14-16-33(31)30(34)21-32(20-25-10-6-17-37-25)39(35,36)26-13-12-23-8-3-4-9-24(23)19-26/h2-5,7-9,11-13,15,18-19,25,31H,6,10,14,16-17,20-21H2,1H3.